The van der Waals surface area contributed by atoms with Crippen molar-refractivity contribution >= 4 is 16.0 Å². The Kier molecular flexibility index (Phi) is 4.42. The third kappa shape index (κ3) is 3.27. The van der Waals surface area contributed by atoms with Gasteiger partial charge in [-0.05, 0) is 31.5 Å². The molecule has 0 saturated heterocycles. The Hall–Kier alpha value is -1.47. The molecule has 1 atom stereocenters. The third-order valence-corrected chi connectivity index (χ3v) is 4.04. The van der Waals surface area contributed by atoms with E-state index in [2.05, 4.69) is 4.72 Å². The van der Waals surface area contributed by atoms with Gasteiger partial charge in [0, 0.05) is 6.04 Å². The summed E-state index contributed by atoms with van der Waals surface area (Å²) in [5, 5.41) is 8.76. The predicted molar refractivity (Wildman–Crippen MR) is 63.4 cm³/mol. The first-order valence-corrected chi connectivity index (χ1v) is 6.81. The summed E-state index contributed by atoms with van der Waals surface area (Å²) in [4.78, 5) is 10.1. The normalized spacial score (nSPS) is 13.3. The number of rotatable bonds is 5. The second-order valence-corrected chi connectivity index (χ2v) is 5.56. The highest BCUT2D eigenvalue weighted by atomic mass is 32.2. The molecule has 0 aliphatic carbocycles. The molecule has 2 N–H and O–H groups in total. The summed E-state index contributed by atoms with van der Waals surface area (Å²) < 4.78 is 39.4. The molecule has 18 heavy (non-hydrogen) atoms. The SMILES string of the molecule is CCC(C)NS(=O)(=O)c1cc(C(=O)O)ccc1F. The Balaban J connectivity index is 3.23. The van der Waals surface area contributed by atoms with E-state index in [1.54, 1.807) is 13.8 Å². The summed E-state index contributed by atoms with van der Waals surface area (Å²) in [5.41, 5.74) is -0.277. The molecule has 1 aromatic carbocycles. The summed E-state index contributed by atoms with van der Waals surface area (Å²) in [6.07, 6.45) is 0.541. The third-order valence-electron chi connectivity index (χ3n) is 2.44. The Morgan fingerprint density at radius 3 is 2.61 bits per heavy atom. The Labute approximate surface area is 105 Å². The van der Waals surface area contributed by atoms with Crippen molar-refractivity contribution in [3.05, 3.63) is 29.6 Å². The molecule has 0 bridgehead atoms. The molecular weight excluding hydrogens is 261 g/mol. The van der Waals surface area contributed by atoms with E-state index in [0.29, 0.717) is 6.42 Å². The van der Waals surface area contributed by atoms with Crippen LogP contribution in [0.25, 0.3) is 0 Å². The van der Waals surface area contributed by atoms with Gasteiger partial charge in [0.05, 0.1) is 5.56 Å². The van der Waals surface area contributed by atoms with Gasteiger partial charge >= 0.3 is 5.97 Å². The quantitative estimate of drug-likeness (QED) is 0.855. The van der Waals surface area contributed by atoms with Gasteiger partial charge in [0.25, 0.3) is 0 Å². The molecule has 0 aliphatic rings. The average molecular weight is 275 g/mol. The largest absolute Gasteiger partial charge is 0.478 e. The fraction of sp³-hybridized carbons (Fsp3) is 0.364. The van der Waals surface area contributed by atoms with Crippen LogP contribution >= 0.6 is 0 Å². The first-order valence-electron chi connectivity index (χ1n) is 5.33. The van der Waals surface area contributed by atoms with E-state index in [9.17, 15) is 17.6 Å². The van der Waals surface area contributed by atoms with Crippen LogP contribution in [0, 0.1) is 5.82 Å². The van der Waals surface area contributed by atoms with Crippen LogP contribution in [0.15, 0.2) is 23.1 Å². The van der Waals surface area contributed by atoms with Gasteiger partial charge in [0.15, 0.2) is 0 Å². The van der Waals surface area contributed by atoms with E-state index in [1.165, 1.54) is 0 Å². The summed E-state index contributed by atoms with van der Waals surface area (Å²) in [5.74, 6) is -2.29. The minimum atomic E-state index is -4.05. The molecule has 0 aromatic heterocycles. The molecule has 0 heterocycles. The van der Waals surface area contributed by atoms with Crippen molar-refractivity contribution in [2.45, 2.75) is 31.2 Å². The van der Waals surface area contributed by atoms with Gasteiger partial charge in [-0.2, -0.15) is 0 Å². The predicted octanol–water partition coefficient (Wildman–Crippen LogP) is 1.60. The fourth-order valence-corrected chi connectivity index (χ4v) is 2.68. The maximum atomic E-state index is 13.5. The zero-order valence-corrected chi connectivity index (χ0v) is 10.8. The number of aromatic carboxylic acids is 1. The molecular formula is C11H14FNO4S. The molecule has 0 amide bonds. The maximum Gasteiger partial charge on any atom is 0.335 e. The molecule has 1 aromatic rings. The van der Waals surface area contributed by atoms with Crippen molar-refractivity contribution < 1.29 is 22.7 Å². The van der Waals surface area contributed by atoms with Crippen LogP contribution in [-0.4, -0.2) is 25.5 Å². The molecule has 5 nitrogen and oxygen atoms in total. The van der Waals surface area contributed by atoms with Crippen LogP contribution in [0.3, 0.4) is 0 Å². The number of nitrogens with one attached hydrogen (secondary N) is 1. The monoisotopic (exact) mass is 275 g/mol. The lowest BCUT2D eigenvalue weighted by atomic mass is 10.2. The minimum Gasteiger partial charge on any atom is -0.478 e. The highest BCUT2D eigenvalue weighted by Gasteiger charge is 2.22. The summed E-state index contributed by atoms with van der Waals surface area (Å²) >= 11 is 0. The number of halogens is 1. The highest BCUT2D eigenvalue weighted by Crippen LogP contribution is 2.17. The van der Waals surface area contributed by atoms with Gasteiger partial charge < -0.3 is 5.11 Å². The van der Waals surface area contributed by atoms with Crippen LogP contribution < -0.4 is 4.72 Å². The van der Waals surface area contributed by atoms with Crippen molar-refractivity contribution in [2.75, 3.05) is 0 Å². The number of hydrogen-bond acceptors (Lipinski definition) is 3. The standard InChI is InChI=1S/C11H14FNO4S/c1-3-7(2)13-18(16,17)10-6-8(11(14)15)4-5-9(10)12/h4-7,13H,3H2,1-2H3,(H,14,15). The van der Waals surface area contributed by atoms with Crippen LogP contribution in [0.4, 0.5) is 4.39 Å². The molecule has 1 rings (SSSR count). The van der Waals surface area contributed by atoms with Crippen molar-refractivity contribution in [3.8, 4) is 0 Å². The average Bonchev–Trinajstić information content (AvgIpc) is 2.28. The molecule has 0 radical (unpaired) electrons. The minimum absolute atomic E-state index is 0.277. The second kappa shape index (κ2) is 5.45. The van der Waals surface area contributed by atoms with E-state index < -0.39 is 26.7 Å². The first-order chi connectivity index (χ1) is 8.27. The second-order valence-electron chi connectivity index (χ2n) is 3.88. The Bertz CT molecular complexity index is 556. The Morgan fingerprint density at radius 1 is 1.50 bits per heavy atom. The zero-order chi connectivity index (χ0) is 13.9. The summed E-state index contributed by atoms with van der Waals surface area (Å²) in [7, 11) is -4.05. The van der Waals surface area contributed by atoms with Gasteiger partial charge in [-0.3, -0.25) is 0 Å². The molecule has 1 unspecified atom stereocenters. The lowest BCUT2D eigenvalue weighted by Gasteiger charge is -2.12. The first kappa shape index (κ1) is 14.6. The number of sulfonamides is 1. The summed E-state index contributed by atoms with van der Waals surface area (Å²) in [6.45, 7) is 3.41. The highest BCUT2D eigenvalue weighted by molar-refractivity contribution is 7.89. The van der Waals surface area contributed by atoms with E-state index in [4.69, 9.17) is 5.11 Å². The van der Waals surface area contributed by atoms with Crippen LogP contribution in [0.2, 0.25) is 0 Å². The van der Waals surface area contributed by atoms with Crippen molar-refractivity contribution in [3.63, 3.8) is 0 Å². The zero-order valence-electron chi connectivity index (χ0n) is 9.97. The topological polar surface area (TPSA) is 83.5 Å². The van der Waals surface area contributed by atoms with Gasteiger partial charge in [-0.15, -0.1) is 0 Å². The van der Waals surface area contributed by atoms with Crippen LogP contribution in [-0.2, 0) is 10.0 Å². The lowest BCUT2D eigenvalue weighted by molar-refractivity contribution is 0.0696. The van der Waals surface area contributed by atoms with E-state index in [-0.39, 0.29) is 11.6 Å². The van der Waals surface area contributed by atoms with E-state index >= 15 is 0 Å². The molecule has 0 aliphatic heterocycles. The molecule has 0 fully saturated rings. The van der Waals surface area contributed by atoms with Crippen molar-refractivity contribution in [1.29, 1.82) is 0 Å². The van der Waals surface area contributed by atoms with Gasteiger partial charge in [-0.1, -0.05) is 6.92 Å². The molecule has 0 saturated carbocycles. The van der Waals surface area contributed by atoms with E-state index in [0.717, 1.165) is 18.2 Å². The molecule has 7 heteroatoms. The lowest BCUT2D eigenvalue weighted by Crippen LogP contribution is -2.32. The van der Waals surface area contributed by atoms with Crippen LogP contribution in [0.1, 0.15) is 30.6 Å². The molecule has 0 spiro atoms. The molecule has 100 valence electrons. The summed E-state index contributed by atoms with van der Waals surface area (Å²) in [6, 6.07) is 2.29. The maximum absolute atomic E-state index is 13.5. The van der Waals surface area contributed by atoms with Crippen LogP contribution in [0.5, 0.6) is 0 Å². The number of carbonyl (C=O) groups is 1. The Morgan fingerprint density at radius 2 is 2.11 bits per heavy atom. The van der Waals surface area contributed by atoms with Crippen molar-refractivity contribution in [1.82, 2.24) is 4.72 Å². The van der Waals surface area contributed by atoms with Gasteiger partial charge in [-0.25, -0.2) is 22.3 Å². The number of hydrogen-bond donors (Lipinski definition) is 2. The van der Waals surface area contributed by atoms with Gasteiger partial charge in [0.1, 0.15) is 10.7 Å². The fourth-order valence-electron chi connectivity index (χ4n) is 1.25. The van der Waals surface area contributed by atoms with Crippen molar-refractivity contribution in [2.24, 2.45) is 0 Å². The smallest absolute Gasteiger partial charge is 0.335 e. The van der Waals surface area contributed by atoms with Gasteiger partial charge in [0.2, 0.25) is 10.0 Å². The van der Waals surface area contributed by atoms with E-state index in [1.807, 2.05) is 0 Å². The number of benzene rings is 1. The number of carboxylic acids is 1. The number of carboxylic acid groups (broad SMARTS) is 1.